The van der Waals surface area contributed by atoms with E-state index in [0.29, 0.717) is 0 Å². The molecule has 0 bridgehead atoms. The zero-order valence-electron chi connectivity index (χ0n) is 9.94. The fourth-order valence-corrected chi connectivity index (χ4v) is 1.07. The van der Waals surface area contributed by atoms with E-state index in [0.717, 1.165) is 0 Å². The van der Waals surface area contributed by atoms with Gasteiger partial charge in [-0.1, -0.05) is 13.0 Å². The van der Waals surface area contributed by atoms with E-state index in [-0.39, 0.29) is 0 Å². The lowest BCUT2D eigenvalue weighted by atomic mass is 10.2. The Morgan fingerprint density at radius 1 is 1.33 bits per heavy atom. The predicted octanol–water partition coefficient (Wildman–Crippen LogP) is 1.52. The van der Waals surface area contributed by atoms with Crippen LogP contribution in [0.2, 0.25) is 0 Å². The molecule has 0 aliphatic carbocycles. The van der Waals surface area contributed by atoms with Crippen LogP contribution in [-0.2, 0) is 23.6 Å². The number of nitrogens with zero attached hydrogens (tertiary/aromatic N) is 1. The van der Waals surface area contributed by atoms with E-state index in [1.807, 2.05) is 0 Å². The molecule has 0 aliphatic rings. The number of hydrogen-bond acceptors (Lipinski definition) is 3. The van der Waals surface area contributed by atoms with E-state index in [1.54, 1.807) is 0 Å². The fourth-order valence-electron chi connectivity index (χ4n) is 1.07. The molecule has 0 radical (unpaired) electrons. The minimum Gasteiger partial charge on any atom is -0.741 e. The van der Waals surface area contributed by atoms with Crippen LogP contribution in [0.5, 0.6) is 0 Å². The molecule has 1 rings (SSSR count). The summed E-state index contributed by atoms with van der Waals surface area (Å²) in [5.74, 6) is 0. The molecule has 0 unspecified atom stereocenters. The molecule has 0 fully saturated rings. The van der Waals surface area contributed by atoms with Gasteiger partial charge >= 0.3 is 5.51 Å². The van der Waals surface area contributed by atoms with Crippen LogP contribution in [0.4, 0.5) is 13.2 Å². The second-order valence-corrected chi connectivity index (χ2v) is 4.82. The van der Waals surface area contributed by atoms with Gasteiger partial charge in [0, 0.05) is 18.6 Å². The number of halogens is 3. The van der Waals surface area contributed by atoms with Crippen molar-refractivity contribution in [3.05, 3.63) is 30.1 Å². The molecular formula is C10H14F3NO3S. The first-order valence-corrected chi connectivity index (χ1v) is 6.46. The maximum atomic E-state index is 10.7. The van der Waals surface area contributed by atoms with Crippen LogP contribution in [0.15, 0.2) is 24.4 Å². The summed E-state index contributed by atoms with van der Waals surface area (Å²) in [7, 11) is -4.00. The highest BCUT2D eigenvalue weighted by Crippen LogP contribution is 2.20. The molecule has 18 heavy (non-hydrogen) atoms. The summed E-state index contributed by atoms with van der Waals surface area (Å²) in [6.45, 7) is 2.20. The first-order chi connectivity index (χ1) is 8.09. The third kappa shape index (κ3) is 5.97. The molecule has 8 heteroatoms. The second-order valence-electron chi connectivity index (χ2n) is 3.45. The van der Waals surface area contributed by atoms with E-state index < -0.39 is 15.6 Å². The summed E-state index contributed by atoms with van der Waals surface area (Å²) in [4.78, 5) is 0. The van der Waals surface area contributed by atoms with Gasteiger partial charge < -0.3 is 4.55 Å². The van der Waals surface area contributed by atoms with Crippen LogP contribution >= 0.6 is 0 Å². The average Bonchev–Trinajstić information content (AvgIpc) is 2.20. The SMILES string of the molecule is CCCc1cccc[n+]1C.O=S(=O)([O-])C(F)(F)F. The number of aromatic nitrogens is 1. The molecule has 0 saturated heterocycles. The molecular weight excluding hydrogens is 271 g/mol. The van der Waals surface area contributed by atoms with Crippen molar-refractivity contribution in [2.24, 2.45) is 7.05 Å². The maximum absolute atomic E-state index is 10.7. The molecule has 104 valence electrons. The molecule has 0 amide bonds. The van der Waals surface area contributed by atoms with Gasteiger partial charge in [0.05, 0.1) is 0 Å². The molecule has 0 saturated carbocycles. The van der Waals surface area contributed by atoms with Gasteiger partial charge in [0.15, 0.2) is 22.0 Å². The molecule has 1 aromatic rings. The third-order valence-electron chi connectivity index (χ3n) is 1.95. The van der Waals surface area contributed by atoms with Crippen molar-refractivity contribution in [2.45, 2.75) is 25.3 Å². The van der Waals surface area contributed by atoms with Crippen LogP contribution < -0.4 is 4.57 Å². The zero-order valence-corrected chi connectivity index (χ0v) is 10.8. The molecule has 1 heterocycles. The van der Waals surface area contributed by atoms with E-state index in [1.165, 1.54) is 18.5 Å². The molecule has 0 aromatic carbocycles. The van der Waals surface area contributed by atoms with Crippen molar-refractivity contribution < 1.29 is 30.7 Å². The van der Waals surface area contributed by atoms with Crippen LogP contribution in [0, 0.1) is 0 Å². The summed E-state index contributed by atoms with van der Waals surface area (Å²) in [6.07, 6.45) is 4.49. The highest BCUT2D eigenvalue weighted by Gasteiger charge is 2.36. The highest BCUT2D eigenvalue weighted by atomic mass is 32.2. The molecule has 0 spiro atoms. The Balaban J connectivity index is 0.000000331. The first-order valence-electron chi connectivity index (χ1n) is 5.05. The summed E-state index contributed by atoms with van der Waals surface area (Å²) >= 11 is 0. The number of rotatable bonds is 2. The number of pyridine rings is 1. The van der Waals surface area contributed by atoms with E-state index in [2.05, 4.69) is 42.9 Å². The molecule has 4 nitrogen and oxygen atoms in total. The van der Waals surface area contributed by atoms with Crippen molar-refractivity contribution in [2.75, 3.05) is 0 Å². The molecule has 0 atom stereocenters. The lowest BCUT2D eigenvalue weighted by Crippen LogP contribution is -2.32. The van der Waals surface area contributed by atoms with E-state index in [9.17, 15) is 13.2 Å². The lowest BCUT2D eigenvalue weighted by molar-refractivity contribution is -0.679. The minimum atomic E-state index is -6.09. The summed E-state index contributed by atoms with van der Waals surface area (Å²) in [5, 5.41) is 0. The minimum absolute atomic E-state index is 1.18. The Labute approximate surface area is 104 Å². The van der Waals surface area contributed by atoms with Gasteiger partial charge in [-0.25, -0.2) is 13.0 Å². The number of aryl methyl sites for hydroxylation is 2. The van der Waals surface area contributed by atoms with Crippen LogP contribution in [0.1, 0.15) is 19.0 Å². The lowest BCUT2D eigenvalue weighted by Gasteiger charge is -2.08. The zero-order chi connectivity index (χ0) is 14.4. The van der Waals surface area contributed by atoms with Gasteiger partial charge in [0.2, 0.25) is 0 Å². The summed E-state index contributed by atoms with van der Waals surface area (Å²) in [6, 6.07) is 6.31. The topological polar surface area (TPSA) is 61.1 Å². The summed E-state index contributed by atoms with van der Waals surface area (Å²) < 4.78 is 61.1. The van der Waals surface area contributed by atoms with Crippen molar-refractivity contribution in [1.29, 1.82) is 0 Å². The molecule has 0 N–H and O–H groups in total. The van der Waals surface area contributed by atoms with Crippen molar-refractivity contribution in [1.82, 2.24) is 0 Å². The third-order valence-corrected chi connectivity index (χ3v) is 2.52. The summed E-state index contributed by atoms with van der Waals surface area (Å²) in [5.41, 5.74) is -4.24. The predicted molar refractivity (Wildman–Crippen MR) is 57.4 cm³/mol. The number of hydrogen-bond donors (Lipinski definition) is 0. The van der Waals surface area contributed by atoms with Crippen molar-refractivity contribution >= 4 is 10.1 Å². The quantitative estimate of drug-likeness (QED) is 0.470. The van der Waals surface area contributed by atoms with Crippen LogP contribution in [0.25, 0.3) is 0 Å². The second kappa shape index (κ2) is 6.69. The largest absolute Gasteiger partial charge is 0.741 e. The smallest absolute Gasteiger partial charge is 0.485 e. The Hall–Kier alpha value is -1.15. The molecule has 1 aromatic heterocycles. The van der Waals surface area contributed by atoms with E-state index in [4.69, 9.17) is 13.0 Å². The van der Waals surface area contributed by atoms with Crippen molar-refractivity contribution in [3.63, 3.8) is 0 Å². The van der Waals surface area contributed by atoms with Gasteiger partial charge in [-0.05, 0) is 6.42 Å². The van der Waals surface area contributed by atoms with Crippen LogP contribution in [-0.4, -0.2) is 18.5 Å². The molecule has 0 aliphatic heterocycles. The van der Waals surface area contributed by atoms with Gasteiger partial charge in [-0.2, -0.15) is 13.2 Å². The van der Waals surface area contributed by atoms with Gasteiger partial charge in [-0.3, -0.25) is 0 Å². The van der Waals surface area contributed by atoms with Gasteiger partial charge in [0.25, 0.3) is 0 Å². The Morgan fingerprint density at radius 2 is 1.83 bits per heavy atom. The Morgan fingerprint density at radius 3 is 2.17 bits per heavy atom. The van der Waals surface area contributed by atoms with Crippen molar-refractivity contribution in [3.8, 4) is 0 Å². The number of alkyl halides is 3. The maximum Gasteiger partial charge on any atom is 0.485 e. The normalized spacial score (nSPS) is 11.7. The van der Waals surface area contributed by atoms with Crippen LogP contribution in [0.3, 0.4) is 0 Å². The first kappa shape index (κ1) is 16.9. The van der Waals surface area contributed by atoms with Gasteiger partial charge in [-0.15, -0.1) is 0 Å². The highest BCUT2D eigenvalue weighted by molar-refractivity contribution is 7.86. The van der Waals surface area contributed by atoms with E-state index >= 15 is 0 Å². The monoisotopic (exact) mass is 285 g/mol. The van der Waals surface area contributed by atoms with Gasteiger partial charge in [0.1, 0.15) is 7.05 Å². The average molecular weight is 285 g/mol. The fraction of sp³-hybridized carbons (Fsp3) is 0.500. The Kier molecular flexibility index (Phi) is 6.27. The standard InChI is InChI=1S/C9H14N.CHF3O3S/c1-3-6-9-7-4-5-8-10(9)2;2-1(3,4)8(5,6)7/h4-5,7-8H,3,6H2,1-2H3;(H,5,6,7)/q+1;/p-1. The Bertz CT molecular complexity index is 472.